The molecule has 0 saturated heterocycles. The van der Waals surface area contributed by atoms with E-state index in [0.29, 0.717) is 5.69 Å². The second-order valence-corrected chi connectivity index (χ2v) is 3.25. The Bertz CT molecular complexity index is 360. The van der Waals surface area contributed by atoms with E-state index in [9.17, 15) is 8.78 Å². The van der Waals surface area contributed by atoms with Crippen molar-refractivity contribution in [3.8, 4) is 0 Å². The molecule has 1 aromatic carbocycles. The molecule has 0 aliphatic rings. The van der Waals surface area contributed by atoms with Crippen molar-refractivity contribution in [3.63, 3.8) is 0 Å². The third-order valence-corrected chi connectivity index (χ3v) is 1.80. The van der Waals surface area contributed by atoms with Gasteiger partial charge in [0, 0.05) is 11.9 Å². The van der Waals surface area contributed by atoms with Crippen LogP contribution in [0.15, 0.2) is 36.3 Å². The largest absolute Gasteiger partial charge is 0.359 e. The van der Waals surface area contributed by atoms with Crippen LogP contribution < -0.4 is 5.32 Å². The van der Waals surface area contributed by atoms with Gasteiger partial charge in [0.25, 0.3) is 0 Å². The van der Waals surface area contributed by atoms with E-state index < -0.39 is 5.83 Å². The first-order valence-corrected chi connectivity index (χ1v) is 4.51. The van der Waals surface area contributed by atoms with Crippen molar-refractivity contribution >= 4 is 26.2 Å². The van der Waals surface area contributed by atoms with Gasteiger partial charge in [0.2, 0.25) is 0 Å². The molecule has 1 aromatic rings. The Balaban J connectivity index is 2.66. The molecule has 2 nitrogen and oxygen atoms in total. The molecule has 0 bridgehead atoms. The molecule has 2 N–H and O–H groups in total. The zero-order valence-corrected chi connectivity index (χ0v) is 8.61. The van der Waals surface area contributed by atoms with Gasteiger partial charge in [-0.1, -0.05) is 0 Å². The fourth-order valence-corrected chi connectivity index (χ4v) is 0.871. The number of anilines is 1. The second-order valence-electron chi connectivity index (χ2n) is 2.46. The van der Waals surface area contributed by atoms with Gasteiger partial charge >= 0.3 is 0 Å². The van der Waals surface area contributed by atoms with Crippen LogP contribution in [0.1, 0.15) is 0 Å². The van der Waals surface area contributed by atoms with Crippen LogP contribution >= 0.6 is 15.9 Å². The van der Waals surface area contributed by atoms with E-state index in [-0.39, 0.29) is 10.4 Å². The first kappa shape index (κ1) is 10.8. The van der Waals surface area contributed by atoms with Crippen LogP contribution in [0.4, 0.5) is 14.5 Å². The molecule has 74 valence electrons. The molecule has 0 radical (unpaired) electrons. The van der Waals surface area contributed by atoms with E-state index in [0.717, 1.165) is 6.20 Å². The molecule has 5 heteroatoms. The molecule has 0 heterocycles. The highest BCUT2D eigenvalue weighted by Crippen LogP contribution is 2.10. The van der Waals surface area contributed by atoms with Gasteiger partial charge in [-0.3, -0.25) is 5.41 Å². The van der Waals surface area contributed by atoms with E-state index in [4.69, 9.17) is 5.41 Å². The average Bonchev–Trinajstić information content (AvgIpc) is 2.16. The lowest BCUT2D eigenvalue weighted by molar-refractivity contribution is 0.628. The zero-order chi connectivity index (χ0) is 10.6. The molecule has 0 aromatic heterocycles. The van der Waals surface area contributed by atoms with Crippen molar-refractivity contribution in [2.45, 2.75) is 0 Å². The smallest absolute Gasteiger partial charge is 0.171 e. The summed E-state index contributed by atoms with van der Waals surface area (Å²) in [4.78, 5) is 0. The van der Waals surface area contributed by atoms with Crippen molar-refractivity contribution in [1.29, 1.82) is 5.41 Å². The minimum Gasteiger partial charge on any atom is -0.359 e. The highest BCUT2D eigenvalue weighted by molar-refractivity contribution is 9.18. The Morgan fingerprint density at radius 2 is 1.93 bits per heavy atom. The first-order valence-electron chi connectivity index (χ1n) is 3.72. The van der Waals surface area contributed by atoms with E-state index in [1.54, 1.807) is 0 Å². The number of nitrogens with one attached hydrogen (secondary N) is 2. The van der Waals surface area contributed by atoms with Crippen LogP contribution in [0.5, 0.6) is 0 Å². The van der Waals surface area contributed by atoms with Gasteiger partial charge in [0.15, 0.2) is 5.83 Å². The van der Waals surface area contributed by atoms with Crippen molar-refractivity contribution < 1.29 is 8.78 Å². The summed E-state index contributed by atoms with van der Waals surface area (Å²) in [6, 6.07) is 5.45. The lowest BCUT2D eigenvalue weighted by atomic mass is 10.3. The fourth-order valence-electron chi connectivity index (χ4n) is 0.756. The summed E-state index contributed by atoms with van der Waals surface area (Å²) in [6.45, 7) is 0. The molecule has 0 spiro atoms. The maximum atomic E-state index is 12.7. The number of benzene rings is 1. The summed E-state index contributed by atoms with van der Waals surface area (Å²) < 4.78 is 24.9. The van der Waals surface area contributed by atoms with Crippen LogP contribution in [0.3, 0.4) is 0 Å². The van der Waals surface area contributed by atoms with E-state index in [1.165, 1.54) is 24.3 Å². The minimum absolute atomic E-state index is 0.341. The van der Waals surface area contributed by atoms with E-state index >= 15 is 0 Å². The summed E-state index contributed by atoms with van der Waals surface area (Å²) in [5.41, 5.74) is 0.551. The Hall–Kier alpha value is -1.23. The Morgan fingerprint density at radius 1 is 1.36 bits per heavy atom. The third kappa shape index (κ3) is 3.26. The van der Waals surface area contributed by atoms with Crippen LogP contribution in [-0.4, -0.2) is 4.62 Å². The van der Waals surface area contributed by atoms with Gasteiger partial charge in [0.05, 0.1) is 0 Å². The molecule has 1 rings (SSSR count). The number of rotatable bonds is 3. The predicted molar refractivity (Wildman–Crippen MR) is 55.9 cm³/mol. The molecule has 0 atom stereocenters. The van der Waals surface area contributed by atoms with Gasteiger partial charge < -0.3 is 5.32 Å². The van der Waals surface area contributed by atoms with Crippen molar-refractivity contribution in [1.82, 2.24) is 0 Å². The molecule has 0 saturated carbocycles. The average molecular weight is 261 g/mol. The second kappa shape index (κ2) is 4.85. The number of hydrogen-bond acceptors (Lipinski definition) is 2. The zero-order valence-electron chi connectivity index (χ0n) is 7.02. The van der Waals surface area contributed by atoms with Crippen molar-refractivity contribution in [3.05, 3.63) is 42.1 Å². The monoisotopic (exact) mass is 260 g/mol. The van der Waals surface area contributed by atoms with Crippen molar-refractivity contribution in [2.24, 2.45) is 0 Å². The molecule has 0 aliphatic heterocycles. The van der Waals surface area contributed by atoms with Crippen LogP contribution in [0, 0.1) is 11.2 Å². The highest BCUT2D eigenvalue weighted by atomic mass is 79.9. The topological polar surface area (TPSA) is 35.9 Å². The first-order chi connectivity index (χ1) is 6.59. The molecule has 0 aliphatic carbocycles. The lowest BCUT2D eigenvalue weighted by Crippen LogP contribution is -1.92. The maximum Gasteiger partial charge on any atom is 0.171 e. The Labute approximate surface area is 88.3 Å². The quantitative estimate of drug-likeness (QED) is 0.803. The fraction of sp³-hybridized carbons (Fsp3) is 0. The van der Waals surface area contributed by atoms with Crippen LogP contribution in [0.2, 0.25) is 0 Å². The molecule has 0 fully saturated rings. The highest BCUT2D eigenvalue weighted by Gasteiger charge is 1.98. The maximum absolute atomic E-state index is 12.7. The summed E-state index contributed by atoms with van der Waals surface area (Å²) in [5.74, 6) is -1.08. The van der Waals surface area contributed by atoms with Crippen LogP contribution in [-0.2, 0) is 0 Å². The minimum atomic E-state index is -0.727. The standard InChI is InChI=1S/C9H7BrF2N2/c10-9(13)8(12)5-14-7-3-1-6(11)2-4-7/h1-5,13-14H/b8-5+,13-9?. The number of halogens is 3. The molecule has 0 amide bonds. The van der Waals surface area contributed by atoms with Gasteiger partial charge in [-0.05, 0) is 40.2 Å². The molecule has 14 heavy (non-hydrogen) atoms. The SMILES string of the molecule is N=C(Br)/C(F)=C\Nc1ccc(F)cc1. The summed E-state index contributed by atoms with van der Waals surface area (Å²) in [7, 11) is 0. The van der Waals surface area contributed by atoms with E-state index in [2.05, 4.69) is 21.2 Å². The van der Waals surface area contributed by atoms with E-state index in [1.807, 2.05) is 0 Å². The third-order valence-electron chi connectivity index (χ3n) is 1.42. The summed E-state index contributed by atoms with van der Waals surface area (Å²) in [5, 5.41) is 9.45. The molecular weight excluding hydrogens is 254 g/mol. The predicted octanol–water partition coefficient (Wildman–Crippen LogP) is 3.42. The number of allylic oxidation sites excluding steroid dienone is 1. The van der Waals surface area contributed by atoms with Gasteiger partial charge in [0.1, 0.15) is 10.4 Å². The summed E-state index contributed by atoms with van der Waals surface area (Å²) in [6.07, 6.45) is 1.02. The lowest BCUT2D eigenvalue weighted by Gasteiger charge is -1.99. The Kier molecular flexibility index (Phi) is 3.76. The van der Waals surface area contributed by atoms with Gasteiger partial charge in [-0.2, -0.15) is 0 Å². The normalized spacial score (nSPS) is 11.2. The summed E-state index contributed by atoms with van der Waals surface area (Å²) >= 11 is 2.66. The van der Waals surface area contributed by atoms with Gasteiger partial charge in [-0.15, -0.1) is 0 Å². The number of hydrogen-bond donors (Lipinski definition) is 2. The molecule has 0 unspecified atom stereocenters. The van der Waals surface area contributed by atoms with Gasteiger partial charge in [-0.25, -0.2) is 8.78 Å². The molecular formula is C9H7BrF2N2. The van der Waals surface area contributed by atoms with Crippen LogP contribution in [0.25, 0.3) is 0 Å². The van der Waals surface area contributed by atoms with Crippen molar-refractivity contribution in [2.75, 3.05) is 5.32 Å². The Morgan fingerprint density at radius 3 is 2.43 bits per heavy atom.